The molecule has 0 saturated carbocycles. The van der Waals surface area contributed by atoms with E-state index < -0.39 is 26.0 Å². The van der Waals surface area contributed by atoms with E-state index in [9.17, 15) is 21.6 Å². The molecular formula is C25H31Cl2N3O5S2. The van der Waals surface area contributed by atoms with Gasteiger partial charge in [-0.3, -0.25) is 4.79 Å². The number of carbonyl (C=O) groups is 1. The molecule has 4 rings (SSSR count). The molecule has 0 aromatic heterocycles. The van der Waals surface area contributed by atoms with Crippen molar-refractivity contribution in [2.45, 2.75) is 49.2 Å². The molecule has 0 bridgehead atoms. The maximum atomic E-state index is 13.0. The van der Waals surface area contributed by atoms with Gasteiger partial charge in [-0.25, -0.2) is 21.1 Å². The highest BCUT2D eigenvalue weighted by Crippen LogP contribution is 2.27. The zero-order chi connectivity index (χ0) is 26.6. The van der Waals surface area contributed by atoms with Crippen LogP contribution < -0.4 is 5.32 Å². The number of anilines is 1. The molecule has 37 heavy (non-hydrogen) atoms. The Morgan fingerprint density at radius 3 is 2.16 bits per heavy atom. The van der Waals surface area contributed by atoms with Crippen molar-refractivity contribution in [3.63, 3.8) is 0 Å². The van der Waals surface area contributed by atoms with Gasteiger partial charge in [-0.1, -0.05) is 42.1 Å². The number of hydrogen-bond donors (Lipinski definition) is 1. The number of nitrogens with zero attached hydrogens (tertiary/aromatic N) is 2. The predicted molar refractivity (Wildman–Crippen MR) is 146 cm³/mol. The average molecular weight is 589 g/mol. The van der Waals surface area contributed by atoms with Crippen LogP contribution in [0.3, 0.4) is 0 Å². The summed E-state index contributed by atoms with van der Waals surface area (Å²) >= 11 is 12.1. The molecule has 8 nitrogen and oxygen atoms in total. The lowest BCUT2D eigenvalue weighted by molar-refractivity contribution is -0.120. The monoisotopic (exact) mass is 587 g/mol. The molecule has 2 saturated heterocycles. The second-order valence-corrected chi connectivity index (χ2v) is 14.3. The lowest BCUT2D eigenvalue weighted by Crippen LogP contribution is -2.44. The van der Waals surface area contributed by atoms with Crippen LogP contribution in [-0.4, -0.2) is 57.5 Å². The molecule has 2 heterocycles. The zero-order valence-electron chi connectivity index (χ0n) is 20.4. The normalized spacial score (nSPS) is 20.3. The molecule has 0 spiro atoms. The SMILES string of the molecule is O=C(Nc1ccc(S(=O)(=O)N2CCCCCC2)cc1)[C@H]1CCCN(S(=O)(=O)Cc2ccc(Cl)cc2Cl)C1. The van der Waals surface area contributed by atoms with E-state index in [0.717, 1.165) is 25.7 Å². The fourth-order valence-corrected chi connectivity index (χ4v) is 8.43. The van der Waals surface area contributed by atoms with E-state index in [-0.39, 0.29) is 28.1 Å². The molecule has 2 fully saturated rings. The van der Waals surface area contributed by atoms with E-state index in [0.29, 0.717) is 48.7 Å². The number of amides is 1. The van der Waals surface area contributed by atoms with Gasteiger partial charge in [0.2, 0.25) is 26.0 Å². The van der Waals surface area contributed by atoms with Crippen LogP contribution >= 0.6 is 23.2 Å². The van der Waals surface area contributed by atoms with Crippen molar-refractivity contribution in [2.24, 2.45) is 5.92 Å². The molecule has 2 aliphatic heterocycles. The largest absolute Gasteiger partial charge is 0.326 e. The Morgan fingerprint density at radius 2 is 1.51 bits per heavy atom. The number of rotatable bonds is 7. The van der Waals surface area contributed by atoms with Crippen molar-refractivity contribution >= 4 is 54.8 Å². The summed E-state index contributed by atoms with van der Waals surface area (Å²) in [5, 5.41) is 3.52. The second-order valence-electron chi connectivity index (χ2n) is 9.52. The first-order valence-corrected chi connectivity index (χ1v) is 16.2. The van der Waals surface area contributed by atoms with Crippen LogP contribution in [0.25, 0.3) is 0 Å². The molecule has 2 aliphatic rings. The molecule has 2 aromatic carbocycles. The first kappa shape index (κ1) is 28.3. The van der Waals surface area contributed by atoms with Crippen LogP contribution in [0.4, 0.5) is 5.69 Å². The molecule has 1 amide bonds. The quantitative estimate of drug-likeness (QED) is 0.504. The number of hydrogen-bond acceptors (Lipinski definition) is 5. The predicted octanol–water partition coefficient (Wildman–Crippen LogP) is 4.74. The van der Waals surface area contributed by atoms with Gasteiger partial charge in [0.25, 0.3) is 0 Å². The van der Waals surface area contributed by atoms with Gasteiger partial charge in [0.05, 0.1) is 16.6 Å². The van der Waals surface area contributed by atoms with E-state index in [1.807, 2.05) is 0 Å². The number of nitrogens with one attached hydrogen (secondary N) is 1. The highest BCUT2D eigenvalue weighted by molar-refractivity contribution is 7.89. The number of sulfonamides is 2. The molecule has 202 valence electrons. The van der Waals surface area contributed by atoms with Crippen molar-refractivity contribution in [1.82, 2.24) is 8.61 Å². The molecule has 1 atom stereocenters. The van der Waals surface area contributed by atoms with Gasteiger partial charge in [0, 0.05) is 41.9 Å². The minimum Gasteiger partial charge on any atom is -0.326 e. The van der Waals surface area contributed by atoms with Crippen molar-refractivity contribution in [3.05, 3.63) is 58.1 Å². The number of piperidine rings is 1. The maximum absolute atomic E-state index is 13.0. The van der Waals surface area contributed by atoms with Gasteiger partial charge >= 0.3 is 0 Å². The van der Waals surface area contributed by atoms with Crippen LogP contribution in [-0.2, 0) is 30.6 Å². The second kappa shape index (κ2) is 12.0. The summed E-state index contributed by atoms with van der Waals surface area (Å²) in [6.07, 6.45) is 4.89. The number of halogens is 2. The van der Waals surface area contributed by atoms with Gasteiger partial charge in [-0.2, -0.15) is 4.31 Å². The van der Waals surface area contributed by atoms with E-state index in [1.165, 1.54) is 26.8 Å². The highest BCUT2D eigenvalue weighted by atomic mass is 35.5. The summed E-state index contributed by atoms with van der Waals surface area (Å²) in [5.74, 6) is -1.10. The summed E-state index contributed by atoms with van der Waals surface area (Å²) in [4.78, 5) is 13.2. The third-order valence-corrected chi connectivity index (χ3v) is 11.1. The smallest absolute Gasteiger partial charge is 0.243 e. The fraction of sp³-hybridized carbons (Fsp3) is 0.480. The van der Waals surface area contributed by atoms with Crippen LogP contribution in [0, 0.1) is 5.92 Å². The van der Waals surface area contributed by atoms with Gasteiger partial charge < -0.3 is 5.32 Å². The first-order chi connectivity index (χ1) is 17.6. The zero-order valence-corrected chi connectivity index (χ0v) is 23.5. The lowest BCUT2D eigenvalue weighted by atomic mass is 9.99. The van der Waals surface area contributed by atoms with Gasteiger partial charge in [-0.15, -0.1) is 0 Å². The minimum atomic E-state index is -3.69. The Bertz CT molecular complexity index is 1330. The summed E-state index contributed by atoms with van der Waals surface area (Å²) in [7, 11) is -7.27. The van der Waals surface area contributed by atoms with E-state index in [4.69, 9.17) is 23.2 Å². The standard InChI is InChI=1S/C25H31Cl2N3O5S2/c26-21-8-7-20(24(27)16-21)18-36(32,33)30-15-5-6-19(17-30)25(31)28-22-9-11-23(12-10-22)37(34,35)29-13-3-1-2-4-14-29/h7-12,16,19H,1-6,13-15,17-18H2,(H,28,31)/t19-/m0/s1. The maximum Gasteiger partial charge on any atom is 0.243 e. The van der Waals surface area contributed by atoms with Gasteiger partial charge in [-0.05, 0) is 67.6 Å². The number of benzene rings is 2. The Labute approximate surface area is 229 Å². The third-order valence-electron chi connectivity index (χ3n) is 6.83. The minimum absolute atomic E-state index is 0.0702. The summed E-state index contributed by atoms with van der Waals surface area (Å²) in [5.41, 5.74) is 0.917. The topological polar surface area (TPSA) is 104 Å². The van der Waals surface area contributed by atoms with E-state index in [1.54, 1.807) is 24.3 Å². The lowest BCUT2D eigenvalue weighted by Gasteiger charge is -2.31. The molecule has 0 aliphatic carbocycles. The average Bonchev–Trinajstić information content (AvgIpc) is 3.17. The Morgan fingerprint density at radius 1 is 0.865 bits per heavy atom. The molecule has 1 N–H and O–H groups in total. The van der Waals surface area contributed by atoms with Gasteiger partial charge in [0.1, 0.15) is 0 Å². The van der Waals surface area contributed by atoms with Crippen molar-refractivity contribution in [1.29, 1.82) is 0 Å². The van der Waals surface area contributed by atoms with Gasteiger partial charge in [0.15, 0.2) is 0 Å². The first-order valence-electron chi connectivity index (χ1n) is 12.4. The molecule has 0 unspecified atom stereocenters. The summed E-state index contributed by atoms with van der Waals surface area (Å²) < 4.78 is 54.9. The molecular weight excluding hydrogens is 557 g/mol. The Hall–Kier alpha value is -1.69. The number of carbonyl (C=O) groups excluding carboxylic acids is 1. The van der Waals surface area contributed by atoms with E-state index >= 15 is 0 Å². The highest BCUT2D eigenvalue weighted by Gasteiger charge is 2.33. The molecule has 2 aromatic rings. The van der Waals surface area contributed by atoms with Crippen molar-refractivity contribution in [3.8, 4) is 0 Å². The summed E-state index contributed by atoms with van der Waals surface area (Å²) in [6.45, 7) is 1.44. The fourth-order valence-electron chi connectivity index (χ4n) is 4.72. The Balaban J connectivity index is 1.38. The summed E-state index contributed by atoms with van der Waals surface area (Å²) in [6, 6.07) is 10.8. The van der Waals surface area contributed by atoms with Crippen LogP contribution in [0.5, 0.6) is 0 Å². The van der Waals surface area contributed by atoms with Crippen molar-refractivity contribution in [2.75, 3.05) is 31.5 Å². The van der Waals surface area contributed by atoms with Crippen LogP contribution in [0.2, 0.25) is 10.0 Å². The van der Waals surface area contributed by atoms with Crippen molar-refractivity contribution < 1.29 is 21.6 Å². The van der Waals surface area contributed by atoms with Crippen LogP contribution in [0.15, 0.2) is 47.4 Å². The van der Waals surface area contributed by atoms with E-state index in [2.05, 4.69) is 5.32 Å². The third kappa shape index (κ3) is 7.04. The van der Waals surface area contributed by atoms with Crippen LogP contribution in [0.1, 0.15) is 44.1 Å². The molecule has 12 heteroatoms. The Kier molecular flexibility index (Phi) is 9.19. The molecule has 0 radical (unpaired) electrons.